The number of hydrogen-bond acceptors (Lipinski definition) is 5. The second-order valence-corrected chi connectivity index (χ2v) is 7.21. The number of rotatable bonds is 6. The van der Waals surface area contributed by atoms with Crippen LogP contribution >= 0.6 is 0 Å². The quantitative estimate of drug-likeness (QED) is 0.654. The molecule has 0 unspecified atom stereocenters. The lowest BCUT2D eigenvalue weighted by molar-refractivity contribution is 0.0728. The Morgan fingerprint density at radius 3 is 2.67 bits per heavy atom. The zero-order valence-corrected chi connectivity index (χ0v) is 16.6. The van der Waals surface area contributed by atoms with Gasteiger partial charge in [-0.2, -0.15) is 0 Å². The molecule has 30 heavy (non-hydrogen) atoms. The average Bonchev–Trinajstić information content (AvgIpc) is 3.34. The van der Waals surface area contributed by atoms with Gasteiger partial charge in [0.1, 0.15) is 11.9 Å². The van der Waals surface area contributed by atoms with Crippen molar-refractivity contribution in [3.8, 4) is 17.2 Å². The van der Waals surface area contributed by atoms with Gasteiger partial charge in [0.15, 0.2) is 11.5 Å². The van der Waals surface area contributed by atoms with Gasteiger partial charge in [-0.15, -0.1) is 0 Å². The predicted octanol–water partition coefficient (Wildman–Crippen LogP) is 4.58. The van der Waals surface area contributed by atoms with Crippen LogP contribution in [-0.2, 0) is 6.54 Å². The molecule has 2 heterocycles. The van der Waals surface area contributed by atoms with Crippen molar-refractivity contribution >= 4 is 11.6 Å². The zero-order valence-electron chi connectivity index (χ0n) is 16.6. The fourth-order valence-corrected chi connectivity index (χ4v) is 3.90. The number of amides is 1. The zero-order chi connectivity index (χ0) is 20.5. The summed E-state index contributed by atoms with van der Waals surface area (Å²) in [7, 11) is 0. The van der Waals surface area contributed by atoms with Crippen LogP contribution in [0.5, 0.6) is 17.2 Å². The number of fused-ring (bicyclic) bond motifs is 2. The molecule has 1 atom stereocenters. The smallest absolute Gasteiger partial charge is 0.256 e. The van der Waals surface area contributed by atoms with Crippen LogP contribution < -0.4 is 19.5 Å². The van der Waals surface area contributed by atoms with E-state index < -0.39 is 0 Å². The number of carbonyl (C=O) groups excluding carboxylic acids is 1. The van der Waals surface area contributed by atoms with Crippen molar-refractivity contribution in [3.05, 3.63) is 83.4 Å². The third-order valence-corrected chi connectivity index (χ3v) is 5.32. The van der Waals surface area contributed by atoms with E-state index in [1.165, 1.54) is 0 Å². The molecule has 152 valence electrons. The van der Waals surface area contributed by atoms with E-state index in [-0.39, 0.29) is 18.9 Å². The Balaban J connectivity index is 1.43. The van der Waals surface area contributed by atoms with E-state index in [4.69, 9.17) is 14.2 Å². The summed E-state index contributed by atoms with van der Waals surface area (Å²) < 4.78 is 16.4. The molecule has 0 radical (unpaired) electrons. The molecule has 0 aliphatic carbocycles. The normalized spacial score (nSPS) is 16.5. The third-order valence-electron chi connectivity index (χ3n) is 5.32. The Morgan fingerprint density at radius 2 is 1.83 bits per heavy atom. The summed E-state index contributed by atoms with van der Waals surface area (Å²) in [6.07, 6.45) is -0.267. The standard InChI is InChI=1S/C24H22N2O4/c1-2-28-18-10-8-17(9-11-18)25-23-19-5-3-4-6-20(19)24(27)26(23)14-16-7-12-21-22(13-16)30-15-29-21/h3-13,23,25H,2,14-15H2,1H3/t23-/m0/s1. The predicted molar refractivity (Wildman–Crippen MR) is 113 cm³/mol. The summed E-state index contributed by atoms with van der Waals surface area (Å²) in [6, 6.07) is 21.3. The second-order valence-electron chi connectivity index (χ2n) is 7.21. The van der Waals surface area contributed by atoms with Gasteiger partial charge in [-0.1, -0.05) is 24.3 Å². The molecule has 0 saturated heterocycles. The van der Waals surface area contributed by atoms with Gasteiger partial charge in [0.25, 0.3) is 5.91 Å². The molecular formula is C24H22N2O4. The minimum atomic E-state index is -0.267. The van der Waals surface area contributed by atoms with E-state index in [9.17, 15) is 4.79 Å². The fraction of sp³-hybridized carbons (Fsp3) is 0.208. The Morgan fingerprint density at radius 1 is 1.03 bits per heavy atom. The Labute approximate surface area is 175 Å². The Hall–Kier alpha value is -3.67. The van der Waals surface area contributed by atoms with Crippen molar-refractivity contribution in [1.82, 2.24) is 4.90 Å². The molecule has 6 heteroatoms. The van der Waals surface area contributed by atoms with Crippen LogP contribution in [0, 0.1) is 0 Å². The molecule has 1 amide bonds. The molecule has 0 bridgehead atoms. The van der Waals surface area contributed by atoms with E-state index in [2.05, 4.69) is 5.32 Å². The van der Waals surface area contributed by atoms with E-state index in [0.29, 0.717) is 18.9 Å². The molecule has 6 nitrogen and oxygen atoms in total. The molecule has 2 aliphatic rings. The van der Waals surface area contributed by atoms with Gasteiger partial charge in [-0.05, 0) is 55.0 Å². The van der Waals surface area contributed by atoms with Crippen molar-refractivity contribution in [2.24, 2.45) is 0 Å². The highest BCUT2D eigenvalue weighted by Gasteiger charge is 2.36. The lowest BCUT2D eigenvalue weighted by Crippen LogP contribution is -2.31. The number of anilines is 1. The van der Waals surface area contributed by atoms with Crippen molar-refractivity contribution in [3.63, 3.8) is 0 Å². The summed E-state index contributed by atoms with van der Waals surface area (Å²) in [5.74, 6) is 2.28. The molecule has 1 N–H and O–H groups in total. The maximum atomic E-state index is 13.2. The van der Waals surface area contributed by atoms with Gasteiger partial charge in [0.2, 0.25) is 6.79 Å². The first-order chi connectivity index (χ1) is 14.7. The van der Waals surface area contributed by atoms with E-state index in [1.807, 2.05) is 78.6 Å². The SMILES string of the molecule is CCOc1ccc(N[C@@H]2c3ccccc3C(=O)N2Cc2ccc3c(c2)OCO3)cc1. The number of nitrogens with one attached hydrogen (secondary N) is 1. The Bertz CT molecular complexity index is 1080. The van der Waals surface area contributed by atoms with Crippen LogP contribution in [-0.4, -0.2) is 24.2 Å². The minimum Gasteiger partial charge on any atom is -0.494 e. The highest BCUT2D eigenvalue weighted by Crippen LogP contribution is 2.38. The van der Waals surface area contributed by atoms with Gasteiger partial charge in [0, 0.05) is 23.4 Å². The summed E-state index contributed by atoms with van der Waals surface area (Å²) in [5.41, 5.74) is 3.60. The molecule has 5 rings (SSSR count). The summed E-state index contributed by atoms with van der Waals surface area (Å²) in [6.45, 7) is 3.27. The molecule has 0 fully saturated rings. The van der Waals surface area contributed by atoms with E-state index in [1.54, 1.807) is 0 Å². The van der Waals surface area contributed by atoms with Crippen LogP contribution in [0.4, 0.5) is 5.69 Å². The topological polar surface area (TPSA) is 60.0 Å². The summed E-state index contributed by atoms with van der Waals surface area (Å²) in [4.78, 5) is 15.0. The third kappa shape index (κ3) is 3.30. The van der Waals surface area contributed by atoms with Gasteiger partial charge in [-0.3, -0.25) is 4.79 Å². The van der Waals surface area contributed by atoms with Crippen LogP contribution in [0.15, 0.2) is 66.7 Å². The van der Waals surface area contributed by atoms with Crippen LogP contribution in [0.2, 0.25) is 0 Å². The second kappa shape index (κ2) is 7.63. The van der Waals surface area contributed by atoms with E-state index >= 15 is 0 Å². The largest absolute Gasteiger partial charge is 0.494 e. The minimum absolute atomic E-state index is 0.00621. The first-order valence-corrected chi connectivity index (χ1v) is 10.0. The van der Waals surface area contributed by atoms with Crippen molar-refractivity contribution in [2.75, 3.05) is 18.7 Å². The van der Waals surface area contributed by atoms with Gasteiger partial charge in [0.05, 0.1) is 6.61 Å². The van der Waals surface area contributed by atoms with Crippen LogP contribution in [0.25, 0.3) is 0 Å². The highest BCUT2D eigenvalue weighted by molar-refractivity contribution is 5.99. The van der Waals surface area contributed by atoms with Crippen LogP contribution in [0.1, 0.15) is 34.6 Å². The molecule has 3 aromatic rings. The molecule has 3 aromatic carbocycles. The van der Waals surface area contributed by atoms with Gasteiger partial charge >= 0.3 is 0 Å². The Kier molecular flexibility index (Phi) is 4.67. The van der Waals surface area contributed by atoms with Crippen molar-refractivity contribution in [2.45, 2.75) is 19.6 Å². The summed E-state index contributed by atoms with van der Waals surface area (Å²) in [5, 5.41) is 3.51. The lowest BCUT2D eigenvalue weighted by atomic mass is 10.1. The number of carbonyl (C=O) groups is 1. The number of hydrogen-bond donors (Lipinski definition) is 1. The maximum absolute atomic E-state index is 13.2. The van der Waals surface area contributed by atoms with Crippen molar-refractivity contribution < 1.29 is 19.0 Å². The molecule has 0 saturated carbocycles. The summed E-state index contributed by atoms with van der Waals surface area (Å²) >= 11 is 0. The molecule has 0 spiro atoms. The fourth-order valence-electron chi connectivity index (χ4n) is 3.90. The number of benzene rings is 3. The molecule has 2 aliphatic heterocycles. The molecule has 0 aromatic heterocycles. The first kappa shape index (κ1) is 18.4. The average molecular weight is 402 g/mol. The van der Waals surface area contributed by atoms with Crippen molar-refractivity contribution in [1.29, 1.82) is 0 Å². The van der Waals surface area contributed by atoms with Gasteiger partial charge < -0.3 is 24.4 Å². The maximum Gasteiger partial charge on any atom is 0.256 e. The van der Waals surface area contributed by atoms with E-state index in [0.717, 1.165) is 33.9 Å². The lowest BCUT2D eigenvalue weighted by Gasteiger charge is -2.27. The van der Waals surface area contributed by atoms with Gasteiger partial charge in [-0.25, -0.2) is 0 Å². The number of ether oxygens (including phenoxy) is 3. The van der Waals surface area contributed by atoms with Crippen LogP contribution in [0.3, 0.4) is 0 Å². The first-order valence-electron chi connectivity index (χ1n) is 10.0. The molecular weight excluding hydrogens is 380 g/mol. The monoisotopic (exact) mass is 402 g/mol. The number of nitrogens with zero attached hydrogens (tertiary/aromatic N) is 1. The highest BCUT2D eigenvalue weighted by atomic mass is 16.7.